The molecule has 3 heterocycles. The third-order valence-corrected chi connectivity index (χ3v) is 3.09. The first-order valence-electron chi connectivity index (χ1n) is 5.12. The third kappa shape index (κ3) is 1.86. The molecule has 0 fully saturated rings. The van der Waals surface area contributed by atoms with Crippen LogP contribution in [0, 0.1) is 6.92 Å². The highest BCUT2D eigenvalue weighted by Gasteiger charge is 2.13. The van der Waals surface area contributed by atoms with Gasteiger partial charge in [0, 0.05) is 10.9 Å². The molecule has 0 atom stereocenters. The Kier molecular flexibility index (Phi) is 2.56. The van der Waals surface area contributed by atoms with Crippen molar-refractivity contribution in [1.29, 1.82) is 0 Å². The van der Waals surface area contributed by atoms with Crippen LogP contribution in [0.5, 0.6) is 0 Å². The number of thiophene rings is 1. The van der Waals surface area contributed by atoms with Crippen LogP contribution in [-0.4, -0.2) is 19.9 Å². The van der Waals surface area contributed by atoms with Crippen LogP contribution in [0.3, 0.4) is 0 Å². The Bertz CT molecular complexity index is 710. The summed E-state index contributed by atoms with van der Waals surface area (Å²) < 4.78 is 10.9. The molecule has 0 radical (unpaired) electrons. The van der Waals surface area contributed by atoms with Gasteiger partial charge in [-0.2, -0.15) is 16.3 Å². The van der Waals surface area contributed by atoms with Crippen LogP contribution < -0.4 is 5.76 Å². The summed E-state index contributed by atoms with van der Waals surface area (Å²) in [5.41, 5.74) is 0.893. The van der Waals surface area contributed by atoms with Crippen LogP contribution in [-0.2, 0) is 6.54 Å². The van der Waals surface area contributed by atoms with E-state index in [9.17, 15) is 4.79 Å². The first-order valence-corrected chi connectivity index (χ1v) is 6.06. The van der Waals surface area contributed by atoms with E-state index in [2.05, 4.69) is 19.8 Å². The maximum absolute atomic E-state index is 11.3. The van der Waals surface area contributed by atoms with Crippen LogP contribution in [0.15, 0.2) is 30.7 Å². The molecule has 8 heteroatoms. The Balaban J connectivity index is 1.89. The number of hydrogen-bond donors (Lipinski definition) is 0. The van der Waals surface area contributed by atoms with E-state index in [1.807, 2.05) is 16.8 Å². The van der Waals surface area contributed by atoms with E-state index in [0.717, 1.165) is 5.56 Å². The first kappa shape index (κ1) is 10.9. The van der Waals surface area contributed by atoms with E-state index in [-0.39, 0.29) is 6.54 Å². The number of rotatable bonds is 3. The quantitative estimate of drug-likeness (QED) is 0.708. The molecule has 0 aliphatic carbocycles. The van der Waals surface area contributed by atoms with Crippen LogP contribution in [0.1, 0.15) is 11.7 Å². The van der Waals surface area contributed by atoms with Crippen LogP contribution in [0.25, 0.3) is 11.4 Å². The highest BCUT2D eigenvalue weighted by Crippen LogP contribution is 2.18. The SMILES string of the molecule is Cc1noc(=O)n1Cc1nc(-c2ccsc2)no1. The van der Waals surface area contributed by atoms with Gasteiger partial charge in [-0.1, -0.05) is 10.3 Å². The van der Waals surface area contributed by atoms with Crippen molar-refractivity contribution in [3.8, 4) is 11.4 Å². The van der Waals surface area contributed by atoms with Gasteiger partial charge in [0.1, 0.15) is 6.54 Å². The zero-order chi connectivity index (χ0) is 12.5. The predicted octanol–water partition coefficient (Wildman–Crippen LogP) is 1.30. The zero-order valence-corrected chi connectivity index (χ0v) is 10.2. The lowest BCUT2D eigenvalue weighted by atomic mass is 10.3. The summed E-state index contributed by atoms with van der Waals surface area (Å²) in [5.74, 6) is 0.774. The number of aryl methyl sites for hydroxylation is 1. The van der Waals surface area contributed by atoms with Crippen molar-refractivity contribution in [2.75, 3.05) is 0 Å². The minimum atomic E-state index is -0.539. The van der Waals surface area contributed by atoms with Crippen molar-refractivity contribution in [2.24, 2.45) is 0 Å². The fourth-order valence-electron chi connectivity index (χ4n) is 1.48. The molecule has 92 valence electrons. The van der Waals surface area contributed by atoms with Crippen molar-refractivity contribution >= 4 is 11.3 Å². The Morgan fingerprint density at radius 2 is 2.28 bits per heavy atom. The minimum absolute atomic E-state index is 0.158. The summed E-state index contributed by atoms with van der Waals surface area (Å²) in [7, 11) is 0. The molecule has 0 N–H and O–H groups in total. The lowest BCUT2D eigenvalue weighted by Crippen LogP contribution is -2.16. The summed E-state index contributed by atoms with van der Waals surface area (Å²) in [6.45, 7) is 1.83. The van der Waals surface area contributed by atoms with E-state index in [1.165, 1.54) is 4.57 Å². The van der Waals surface area contributed by atoms with E-state index < -0.39 is 5.76 Å². The predicted molar refractivity (Wildman–Crippen MR) is 62.2 cm³/mol. The molecule has 0 aliphatic rings. The maximum Gasteiger partial charge on any atom is 0.442 e. The molecule has 0 saturated carbocycles. The normalized spacial score (nSPS) is 10.9. The lowest BCUT2D eigenvalue weighted by Gasteiger charge is -1.94. The second-order valence-electron chi connectivity index (χ2n) is 3.61. The fraction of sp³-hybridized carbons (Fsp3) is 0.200. The Morgan fingerprint density at radius 3 is 2.94 bits per heavy atom. The molecule has 0 bridgehead atoms. The molecular weight excluding hydrogens is 256 g/mol. The molecule has 3 aromatic heterocycles. The summed E-state index contributed by atoms with van der Waals surface area (Å²) in [4.78, 5) is 15.5. The molecular formula is C10H8N4O3S. The van der Waals surface area contributed by atoms with E-state index in [0.29, 0.717) is 17.5 Å². The summed E-state index contributed by atoms with van der Waals surface area (Å²) in [6, 6.07) is 1.90. The summed E-state index contributed by atoms with van der Waals surface area (Å²) >= 11 is 1.55. The van der Waals surface area contributed by atoms with Crippen molar-refractivity contribution in [2.45, 2.75) is 13.5 Å². The number of hydrogen-bond acceptors (Lipinski definition) is 7. The summed E-state index contributed by atoms with van der Waals surface area (Å²) in [6.07, 6.45) is 0. The van der Waals surface area contributed by atoms with Crippen molar-refractivity contribution in [1.82, 2.24) is 19.9 Å². The van der Waals surface area contributed by atoms with Gasteiger partial charge in [0.15, 0.2) is 5.82 Å². The van der Waals surface area contributed by atoms with Crippen LogP contribution >= 0.6 is 11.3 Å². The molecule has 3 aromatic rings. The number of nitrogens with zero attached hydrogens (tertiary/aromatic N) is 4. The molecule has 0 aliphatic heterocycles. The first-order chi connectivity index (χ1) is 8.74. The van der Waals surface area contributed by atoms with Gasteiger partial charge in [-0.25, -0.2) is 4.79 Å². The highest BCUT2D eigenvalue weighted by molar-refractivity contribution is 7.08. The van der Waals surface area contributed by atoms with Gasteiger partial charge in [0.05, 0.1) is 0 Å². The van der Waals surface area contributed by atoms with E-state index >= 15 is 0 Å². The van der Waals surface area contributed by atoms with Gasteiger partial charge in [-0.3, -0.25) is 9.09 Å². The Morgan fingerprint density at radius 1 is 1.39 bits per heavy atom. The van der Waals surface area contributed by atoms with Gasteiger partial charge < -0.3 is 4.52 Å². The van der Waals surface area contributed by atoms with E-state index in [1.54, 1.807) is 18.3 Å². The molecule has 0 spiro atoms. The molecule has 0 amide bonds. The topological polar surface area (TPSA) is 87.0 Å². The van der Waals surface area contributed by atoms with Crippen LogP contribution in [0.2, 0.25) is 0 Å². The molecule has 0 unspecified atom stereocenters. The smallest absolute Gasteiger partial charge is 0.337 e. The minimum Gasteiger partial charge on any atom is -0.337 e. The lowest BCUT2D eigenvalue weighted by molar-refractivity contribution is 0.354. The third-order valence-electron chi connectivity index (χ3n) is 2.41. The van der Waals surface area contributed by atoms with Crippen molar-refractivity contribution in [3.63, 3.8) is 0 Å². The van der Waals surface area contributed by atoms with Gasteiger partial charge in [0.2, 0.25) is 11.7 Å². The van der Waals surface area contributed by atoms with Crippen molar-refractivity contribution < 1.29 is 9.05 Å². The van der Waals surface area contributed by atoms with Gasteiger partial charge in [-0.05, 0) is 18.4 Å². The van der Waals surface area contributed by atoms with Gasteiger partial charge in [0.25, 0.3) is 0 Å². The molecule has 0 aromatic carbocycles. The number of aromatic nitrogens is 4. The monoisotopic (exact) mass is 264 g/mol. The molecule has 7 nitrogen and oxygen atoms in total. The van der Waals surface area contributed by atoms with Crippen molar-refractivity contribution in [3.05, 3.63) is 39.1 Å². The molecule has 18 heavy (non-hydrogen) atoms. The highest BCUT2D eigenvalue weighted by atomic mass is 32.1. The second kappa shape index (κ2) is 4.22. The van der Waals surface area contributed by atoms with Crippen LogP contribution in [0.4, 0.5) is 0 Å². The zero-order valence-electron chi connectivity index (χ0n) is 9.36. The molecule has 0 saturated heterocycles. The Labute approximate surface area is 105 Å². The second-order valence-corrected chi connectivity index (χ2v) is 4.39. The Hall–Kier alpha value is -2.22. The van der Waals surface area contributed by atoms with Gasteiger partial charge in [-0.15, -0.1) is 0 Å². The van der Waals surface area contributed by atoms with Gasteiger partial charge >= 0.3 is 5.76 Å². The average molecular weight is 264 g/mol. The summed E-state index contributed by atoms with van der Waals surface area (Å²) in [5, 5.41) is 11.3. The molecule has 3 rings (SSSR count). The van der Waals surface area contributed by atoms with E-state index in [4.69, 9.17) is 4.52 Å². The standard InChI is InChI=1S/C10H8N4O3S/c1-6-12-17-10(15)14(6)4-8-11-9(13-16-8)7-2-3-18-5-7/h2-3,5H,4H2,1H3. The maximum atomic E-state index is 11.3. The largest absolute Gasteiger partial charge is 0.442 e. The fourth-order valence-corrected chi connectivity index (χ4v) is 2.11. The average Bonchev–Trinajstić information content (AvgIpc) is 3.06.